The van der Waals surface area contributed by atoms with Crippen LogP contribution < -0.4 is 10.5 Å². The second-order valence-electron chi connectivity index (χ2n) is 2.01. The molecule has 11 heavy (non-hydrogen) atoms. The zero-order chi connectivity index (χ0) is 8.43. The number of anilines is 1. The fraction of sp³-hybridized carbons (Fsp3) is 0.143. The third-order valence-corrected chi connectivity index (χ3v) is 1.98. The van der Waals surface area contributed by atoms with Gasteiger partial charge in [-0.25, -0.2) is 0 Å². The molecule has 0 unspecified atom stereocenters. The summed E-state index contributed by atoms with van der Waals surface area (Å²) >= 11 is 9.06. The molecule has 0 spiro atoms. The van der Waals surface area contributed by atoms with E-state index in [1.54, 1.807) is 12.1 Å². The lowest BCUT2D eigenvalue weighted by molar-refractivity contribution is 0.417. The Morgan fingerprint density at radius 1 is 1.55 bits per heavy atom. The van der Waals surface area contributed by atoms with E-state index < -0.39 is 0 Å². The van der Waals surface area contributed by atoms with E-state index in [9.17, 15) is 0 Å². The number of ether oxygens (including phenoxy) is 1. The monoisotopic (exact) mass is 235 g/mol. The minimum absolute atomic E-state index is 0.513. The van der Waals surface area contributed by atoms with Gasteiger partial charge in [0.2, 0.25) is 0 Å². The molecule has 0 aliphatic heterocycles. The van der Waals surface area contributed by atoms with Crippen LogP contribution in [0.1, 0.15) is 0 Å². The molecule has 0 aliphatic carbocycles. The topological polar surface area (TPSA) is 35.2 Å². The number of rotatable bonds is 1. The molecule has 1 rings (SSSR count). The molecule has 0 fully saturated rings. The van der Waals surface area contributed by atoms with Crippen molar-refractivity contribution in [1.82, 2.24) is 0 Å². The molecule has 0 saturated heterocycles. The van der Waals surface area contributed by atoms with Crippen molar-refractivity contribution >= 4 is 33.2 Å². The van der Waals surface area contributed by atoms with Gasteiger partial charge in [-0.2, -0.15) is 0 Å². The highest BCUT2D eigenvalue weighted by molar-refractivity contribution is 9.10. The molecule has 0 aliphatic rings. The maximum atomic E-state index is 5.80. The molecule has 2 N–H and O–H groups in total. The summed E-state index contributed by atoms with van der Waals surface area (Å²) in [6.07, 6.45) is 0. The molecular formula is C7H7BrClNO. The van der Waals surface area contributed by atoms with E-state index in [0.29, 0.717) is 16.5 Å². The van der Waals surface area contributed by atoms with Crippen molar-refractivity contribution in [1.29, 1.82) is 0 Å². The first kappa shape index (κ1) is 8.68. The first-order valence-corrected chi connectivity index (χ1v) is 4.10. The molecule has 0 atom stereocenters. The van der Waals surface area contributed by atoms with Crippen LogP contribution in [0.3, 0.4) is 0 Å². The quantitative estimate of drug-likeness (QED) is 0.761. The van der Waals surface area contributed by atoms with Gasteiger partial charge in [0.25, 0.3) is 0 Å². The molecule has 2 nitrogen and oxygen atoms in total. The predicted octanol–water partition coefficient (Wildman–Crippen LogP) is 2.69. The first-order valence-electron chi connectivity index (χ1n) is 2.93. The average Bonchev–Trinajstić information content (AvgIpc) is 1.85. The fourth-order valence-electron chi connectivity index (χ4n) is 0.796. The van der Waals surface area contributed by atoms with Crippen LogP contribution in [0.25, 0.3) is 0 Å². The standard InChI is InChI=1S/C7H7BrClNO/c1-11-7-5(9)2-4(8)3-6(7)10/h2-3H,10H2,1H3. The molecule has 4 heteroatoms. The van der Waals surface area contributed by atoms with Gasteiger partial charge in [-0.05, 0) is 12.1 Å². The summed E-state index contributed by atoms with van der Waals surface area (Å²) in [5.41, 5.74) is 6.13. The van der Waals surface area contributed by atoms with Crippen LogP contribution in [0.5, 0.6) is 5.75 Å². The van der Waals surface area contributed by atoms with E-state index in [4.69, 9.17) is 22.1 Å². The summed E-state index contributed by atoms with van der Waals surface area (Å²) in [6.45, 7) is 0. The molecule has 0 amide bonds. The SMILES string of the molecule is COc1c(N)cc(Br)cc1Cl. The molecule has 0 radical (unpaired) electrons. The van der Waals surface area contributed by atoms with Crippen molar-refractivity contribution < 1.29 is 4.74 Å². The van der Waals surface area contributed by atoms with Crippen LogP contribution in [-0.4, -0.2) is 7.11 Å². The van der Waals surface area contributed by atoms with Gasteiger partial charge in [-0.3, -0.25) is 0 Å². The van der Waals surface area contributed by atoms with Crippen molar-refractivity contribution in [3.63, 3.8) is 0 Å². The third-order valence-electron chi connectivity index (χ3n) is 1.24. The van der Waals surface area contributed by atoms with Gasteiger partial charge in [-0.1, -0.05) is 27.5 Å². The lowest BCUT2D eigenvalue weighted by Crippen LogP contribution is -1.92. The molecular weight excluding hydrogens is 229 g/mol. The number of nitrogen functional groups attached to an aromatic ring is 1. The van der Waals surface area contributed by atoms with Crippen LogP contribution in [0.2, 0.25) is 5.02 Å². The molecule has 0 bridgehead atoms. The largest absolute Gasteiger partial charge is 0.493 e. The molecule has 1 aromatic rings. The lowest BCUT2D eigenvalue weighted by Gasteiger charge is -2.06. The molecule has 1 aromatic carbocycles. The number of benzene rings is 1. The Balaban J connectivity index is 3.25. The highest BCUT2D eigenvalue weighted by atomic mass is 79.9. The molecule has 60 valence electrons. The minimum Gasteiger partial charge on any atom is -0.493 e. The van der Waals surface area contributed by atoms with Crippen molar-refractivity contribution in [2.45, 2.75) is 0 Å². The third kappa shape index (κ3) is 1.79. The van der Waals surface area contributed by atoms with Gasteiger partial charge >= 0.3 is 0 Å². The van der Waals surface area contributed by atoms with Crippen LogP contribution in [0, 0.1) is 0 Å². The Hall–Kier alpha value is -0.410. The summed E-state index contributed by atoms with van der Waals surface area (Å²) in [4.78, 5) is 0. The van der Waals surface area contributed by atoms with Gasteiger partial charge in [0, 0.05) is 4.47 Å². The van der Waals surface area contributed by atoms with Crippen molar-refractivity contribution in [3.05, 3.63) is 21.6 Å². The van der Waals surface area contributed by atoms with E-state index >= 15 is 0 Å². The van der Waals surface area contributed by atoms with Gasteiger partial charge < -0.3 is 10.5 Å². The van der Waals surface area contributed by atoms with Crippen LogP contribution >= 0.6 is 27.5 Å². The number of hydrogen-bond acceptors (Lipinski definition) is 2. The number of methoxy groups -OCH3 is 1. The number of nitrogens with two attached hydrogens (primary N) is 1. The summed E-state index contributed by atoms with van der Waals surface area (Å²) < 4.78 is 5.80. The van der Waals surface area contributed by atoms with E-state index in [0.717, 1.165) is 4.47 Å². The average molecular weight is 236 g/mol. The van der Waals surface area contributed by atoms with E-state index in [1.165, 1.54) is 7.11 Å². The summed E-state index contributed by atoms with van der Waals surface area (Å²) in [7, 11) is 1.53. The maximum Gasteiger partial charge on any atom is 0.160 e. The normalized spacial score (nSPS) is 9.73. The zero-order valence-electron chi connectivity index (χ0n) is 5.90. The predicted molar refractivity (Wildman–Crippen MR) is 50.1 cm³/mol. The van der Waals surface area contributed by atoms with E-state index in [1.807, 2.05) is 0 Å². The van der Waals surface area contributed by atoms with Crippen LogP contribution in [-0.2, 0) is 0 Å². The minimum atomic E-state index is 0.513. The fourth-order valence-corrected chi connectivity index (χ4v) is 1.71. The Bertz CT molecular complexity index is 254. The van der Waals surface area contributed by atoms with E-state index in [2.05, 4.69) is 15.9 Å². The lowest BCUT2D eigenvalue weighted by atomic mass is 10.3. The summed E-state index contributed by atoms with van der Waals surface area (Å²) in [5.74, 6) is 0.523. The summed E-state index contributed by atoms with van der Waals surface area (Å²) in [5, 5.41) is 0.513. The second kappa shape index (κ2) is 3.32. The van der Waals surface area contributed by atoms with Gasteiger partial charge in [0.1, 0.15) is 0 Å². The first-order chi connectivity index (χ1) is 5.15. The van der Waals surface area contributed by atoms with Crippen LogP contribution in [0.15, 0.2) is 16.6 Å². The van der Waals surface area contributed by atoms with Crippen molar-refractivity contribution in [2.24, 2.45) is 0 Å². The Morgan fingerprint density at radius 3 is 2.64 bits per heavy atom. The Morgan fingerprint density at radius 2 is 2.18 bits per heavy atom. The Kier molecular flexibility index (Phi) is 2.62. The van der Waals surface area contributed by atoms with Gasteiger partial charge in [-0.15, -0.1) is 0 Å². The van der Waals surface area contributed by atoms with Crippen molar-refractivity contribution in [3.8, 4) is 5.75 Å². The smallest absolute Gasteiger partial charge is 0.160 e. The van der Waals surface area contributed by atoms with E-state index in [-0.39, 0.29) is 0 Å². The Labute approximate surface area is 78.4 Å². The van der Waals surface area contributed by atoms with Gasteiger partial charge in [0.05, 0.1) is 17.8 Å². The number of halogens is 2. The summed E-state index contributed by atoms with van der Waals surface area (Å²) in [6, 6.07) is 3.47. The highest BCUT2D eigenvalue weighted by Crippen LogP contribution is 2.33. The second-order valence-corrected chi connectivity index (χ2v) is 3.33. The molecule has 0 aromatic heterocycles. The van der Waals surface area contributed by atoms with Crippen molar-refractivity contribution in [2.75, 3.05) is 12.8 Å². The highest BCUT2D eigenvalue weighted by Gasteiger charge is 2.05. The maximum absolute atomic E-state index is 5.80. The van der Waals surface area contributed by atoms with Crippen LogP contribution in [0.4, 0.5) is 5.69 Å². The van der Waals surface area contributed by atoms with Gasteiger partial charge in [0.15, 0.2) is 5.75 Å². The molecule has 0 saturated carbocycles. The number of hydrogen-bond donors (Lipinski definition) is 1. The molecule has 0 heterocycles. The zero-order valence-corrected chi connectivity index (χ0v) is 8.24.